The summed E-state index contributed by atoms with van der Waals surface area (Å²) in [6.45, 7) is 5.24. The summed E-state index contributed by atoms with van der Waals surface area (Å²) in [6, 6.07) is 12.7. The average Bonchev–Trinajstić information content (AvgIpc) is 2.66. The molecule has 140 valence electrons. The molecule has 0 aliphatic heterocycles. The van der Waals surface area contributed by atoms with E-state index in [-0.39, 0.29) is 5.91 Å². The van der Waals surface area contributed by atoms with Gasteiger partial charge in [0, 0.05) is 17.7 Å². The van der Waals surface area contributed by atoms with Crippen molar-refractivity contribution >= 4 is 5.91 Å². The fraction of sp³-hybridized carbons (Fsp3) is 0.381. The van der Waals surface area contributed by atoms with Crippen molar-refractivity contribution in [3.05, 3.63) is 53.6 Å². The summed E-state index contributed by atoms with van der Waals surface area (Å²) >= 11 is 0. The van der Waals surface area contributed by atoms with Gasteiger partial charge in [0.05, 0.1) is 14.2 Å². The summed E-state index contributed by atoms with van der Waals surface area (Å²) in [4.78, 5) is 12.3. The molecule has 0 saturated heterocycles. The third kappa shape index (κ3) is 5.69. The van der Waals surface area contributed by atoms with Crippen molar-refractivity contribution in [3.8, 4) is 17.2 Å². The number of hydrogen-bond acceptors (Lipinski definition) is 4. The molecule has 5 heteroatoms. The van der Waals surface area contributed by atoms with E-state index in [9.17, 15) is 4.79 Å². The predicted molar refractivity (Wildman–Crippen MR) is 102 cm³/mol. The van der Waals surface area contributed by atoms with Crippen LogP contribution in [-0.4, -0.2) is 26.7 Å². The highest BCUT2D eigenvalue weighted by atomic mass is 16.5. The largest absolute Gasteiger partial charge is 0.497 e. The minimum Gasteiger partial charge on any atom is -0.497 e. The zero-order chi connectivity index (χ0) is 18.9. The molecule has 26 heavy (non-hydrogen) atoms. The van der Waals surface area contributed by atoms with Gasteiger partial charge in [-0.15, -0.1) is 0 Å². The lowest BCUT2D eigenvalue weighted by Crippen LogP contribution is -2.25. The van der Waals surface area contributed by atoms with Crippen LogP contribution >= 0.6 is 0 Å². The molecule has 0 unspecified atom stereocenters. The molecule has 0 heterocycles. The molecule has 2 aromatic rings. The molecule has 0 aliphatic carbocycles. The number of benzene rings is 2. The predicted octanol–water partition coefficient (Wildman–Crippen LogP) is 4.06. The Morgan fingerprint density at radius 1 is 1.00 bits per heavy atom. The monoisotopic (exact) mass is 357 g/mol. The van der Waals surface area contributed by atoms with Gasteiger partial charge in [-0.2, -0.15) is 0 Å². The van der Waals surface area contributed by atoms with Crippen molar-refractivity contribution in [1.82, 2.24) is 5.32 Å². The second kappa shape index (κ2) is 9.70. The van der Waals surface area contributed by atoms with Crippen molar-refractivity contribution in [2.45, 2.75) is 26.9 Å². The van der Waals surface area contributed by atoms with E-state index in [1.807, 2.05) is 30.3 Å². The zero-order valence-electron chi connectivity index (χ0n) is 15.9. The van der Waals surface area contributed by atoms with E-state index in [2.05, 4.69) is 19.2 Å². The van der Waals surface area contributed by atoms with Crippen LogP contribution in [0, 0.1) is 5.92 Å². The van der Waals surface area contributed by atoms with Crippen LogP contribution in [0.15, 0.2) is 42.5 Å². The first kappa shape index (κ1) is 19.6. The number of methoxy groups -OCH3 is 2. The quantitative estimate of drug-likeness (QED) is 0.735. The van der Waals surface area contributed by atoms with Crippen LogP contribution < -0.4 is 19.5 Å². The Morgan fingerprint density at radius 2 is 1.69 bits per heavy atom. The molecule has 2 rings (SSSR count). The highest BCUT2D eigenvalue weighted by Gasteiger charge is 2.11. The van der Waals surface area contributed by atoms with Gasteiger partial charge in [-0.05, 0) is 54.8 Å². The lowest BCUT2D eigenvalue weighted by molar-refractivity contribution is 0.0952. The molecular weight excluding hydrogens is 330 g/mol. The Balaban J connectivity index is 2.04. The standard InChI is InChI=1S/C21H27NO4/c1-15(2)11-12-22-21(23)16-5-10-20(25-4)17(13-16)14-26-19-8-6-18(24-3)7-9-19/h5-10,13,15H,11-12,14H2,1-4H3,(H,22,23). The van der Waals surface area contributed by atoms with E-state index < -0.39 is 0 Å². The number of carbonyl (C=O) groups excluding carboxylic acids is 1. The molecule has 0 bridgehead atoms. The van der Waals surface area contributed by atoms with Crippen LogP contribution in [0.1, 0.15) is 36.2 Å². The summed E-state index contributed by atoms with van der Waals surface area (Å²) in [7, 11) is 3.23. The van der Waals surface area contributed by atoms with Crippen LogP contribution in [0.3, 0.4) is 0 Å². The first-order chi connectivity index (χ1) is 12.5. The van der Waals surface area contributed by atoms with Crippen LogP contribution in [0.25, 0.3) is 0 Å². The SMILES string of the molecule is COc1ccc(OCc2cc(C(=O)NCCC(C)C)ccc2OC)cc1. The van der Waals surface area contributed by atoms with Crippen molar-refractivity contribution in [3.63, 3.8) is 0 Å². The minimum atomic E-state index is -0.0843. The summed E-state index contributed by atoms with van der Waals surface area (Å²) < 4.78 is 16.3. The Morgan fingerprint density at radius 3 is 2.31 bits per heavy atom. The topological polar surface area (TPSA) is 56.8 Å². The highest BCUT2D eigenvalue weighted by Crippen LogP contribution is 2.23. The van der Waals surface area contributed by atoms with Crippen molar-refractivity contribution < 1.29 is 19.0 Å². The van der Waals surface area contributed by atoms with Gasteiger partial charge in [-0.1, -0.05) is 13.8 Å². The molecular formula is C21H27NO4. The molecule has 1 N–H and O–H groups in total. The third-order valence-corrected chi connectivity index (χ3v) is 4.00. The molecule has 0 saturated carbocycles. The van der Waals surface area contributed by atoms with Gasteiger partial charge in [0.25, 0.3) is 5.91 Å². The highest BCUT2D eigenvalue weighted by molar-refractivity contribution is 5.94. The van der Waals surface area contributed by atoms with Gasteiger partial charge >= 0.3 is 0 Å². The molecule has 0 aliphatic rings. The van der Waals surface area contributed by atoms with Gasteiger partial charge in [0.2, 0.25) is 0 Å². The Hall–Kier alpha value is -2.69. The summed E-state index contributed by atoms with van der Waals surface area (Å²) in [6.07, 6.45) is 0.954. The second-order valence-corrected chi connectivity index (χ2v) is 6.43. The van der Waals surface area contributed by atoms with Crippen LogP contribution in [0.5, 0.6) is 17.2 Å². The summed E-state index contributed by atoms with van der Waals surface area (Å²) in [5.74, 6) is 2.66. The zero-order valence-corrected chi connectivity index (χ0v) is 15.9. The molecule has 1 amide bonds. The molecule has 2 aromatic carbocycles. The van der Waals surface area contributed by atoms with Gasteiger partial charge in [-0.3, -0.25) is 4.79 Å². The van der Waals surface area contributed by atoms with E-state index in [0.717, 1.165) is 23.5 Å². The molecule has 0 spiro atoms. The smallest absolute Gasteiger partial charge is 0.251 e. The molecule has 5 nitrogen and oxygen atoms in total. The fourth-order valence-electron chi connectivity index (χ4n) is 2.44. The van der Waals surface area contributed by atoms with Crippen LogP contribution in [-0.2, 0) is 6.61 Å². The lowest BCUT2D eigenvalue weighted by atomic mass is 10.1. The number of nitrogens with one attached hydrogen (secondary N) is 1. The van der Waals surface area contributed by atoms with E-state index in [4.69, 9.17) is 14.2 Å². The Bertz CT molecular complexity index is 710. The third-order valence-electron chi connectivity index (χ3n) is 4.00. The Kier molecular flexibility index (Phi) is 7.33. The van der Waals surface area contributed by atoms with Crippen LogP contribution in [0.4, 0.5) is 0 Å². The van der Waals surface area contributed by atoms with Crippen molar-refractivity contribution in [2.24, 2.45) is 5.92 Å². The molecule has 0 radical (unpaired) electrons. The van der Waals surface area contributed by atoms with Gasteiger partial charge in [0.15, 0.2) is 0 Å². The Labute approximate surface area is 155 Å². The van der Waals surface area contributed by atoms with Crippen molar-refractivity contribution in [1.29, 1.82) is 0 Å². The summed E-state index contributed by atoms with van der Waals surface area (Å²) in [5, 5.41) is 2.95. The van der Waals surface area contributed by atoms with Gasteiger partial charge in [-0.25, -0.2) is 0 Å². The van der Waals surface area contributed by atoms with E-state index >= 15 is 0 Å². The first-order valence-electron chi connectivity index (χ1n) is 8.75. The maximum Gasteiger partial charge on any atom is 0.251 e. The second-order valence-electron chi connectivity index (χ2n) is 6.43. The van der Waals surface area contributed by atoms with E-state index in [0.29, 0.717) is 30.4 Å². The van der Waals surface area contributed by atoms with Crippen molar-refractivity contribution in [2.75, 3.05) is 20.8 Å². The molecule has 0 fully saturated rings. The first-order valence-corrected chi connectivity index (χ1v) is 8.75. The normalized spacial score (nSPS) is 10.5. The summed E-state index contributed by atoms with van der Waals surface area (Å²) in [5.41, 5.74) is 1.42. The minimum absolute atomic E-state index is 0.0843. The number of amides is 1. The van der Waals surface area contributed by atoms with Crippen LogP contribution in [0.2, 0.25) is 0 Å². The molecule has 0 aromatic heterocycles. The maximum atomic E-state index is 12.3. The van der Waals surface area contributed by atoms with E-state index in [1.165, 1.54) is 0 Å². The number of ether oxygens (including phenoxy) is 3. The number of hydrogen-bond donors (Lipinski definition) is 1. The van der Waals surface area contributed by atoms with Gasteiger partial charge in [0.1, 0.15) is 23.9 Å². The average molecular weight is 357 g/mol. The number of carbonyl (C=O) groups is 1. The fourth-order valence-corrected chi connectivity index (χ4v) is 2.44. The molecule has 0 atom stereocenters. The number of rotatable bonds is 9. The maximum absolute atomic E-state index is 12.3. The van der Waals surface area contributed by atoms with Gasteiger partial charge < -0.3 is 19.5 Å². The lowest BCUT2D eigenvalue weighted by Gasteiger charge is -2.13. The van der Waals surface area contributed by atoms with E-state index in [1.54, 1.807) is 26.4 Å².